The molecule has 2 fully saturated rings. The molecule has 0 atom stereocenters. The van der Waals surface area contributed by atoms with Crippen LogP contribution in [0.25, 0.3) is 0 Å². The van der Waals surface area contributed by atoms with Gasteiger partial charge in [0.25, 0.3) is 0 Å². The van der Waals surface area contributed by atoms with Gasteiger partial charge in [0.05, 0.1) is 5.75 Å². The van der Waals surface area contributed by atoms with Crippen molar-refractivity contribution in [3.05, 3.63) is 0 Å². The molecule has 0 aromatic heterocycles. The second-order valence-corrected chi connectivity index (χ2v) is 7.78. The Morgan fingerprint density at radius 2 is 1.70 bits per heavy atom. The molecule has 1 aliphatic heterocycles. The number of hydrogen-bond acceptors (Lipinski definition) is 4. The fourth-order valence-electron chi connectivity index (χ4n) is 3.15. The van der Waals surface area contributed by atoms with Gasteiger partial charge in [0, 0.05) is 38.6 Å². The number of rotatable bonds is 6. The molecule has 2 rings (SSSR count). The van der Waals surface area contributed by atoms with Crippen molar-refractivity contribution in [3.63, 3.8) is 0 Å². The molecule has 0 unspecified atom stereocenters. The highest BCUT2D eigenvalue weighted by atomic mass is 32.2. The molecule has 2 aliphatic rings. The van der Waals surface area contributed by atoms with Crippen molar-refractivity contribution in [1.82, 2.24) is 9.21 Å². The van der Waals surface area contributed by atoms with Gasteiger partial charge in [-0.3, -0.25) is 9.69 Å². The van der Waals surface area contributed by atoms with Gasteiger partial charge in [0.1, 0.15) is 0 Å². The highest BCUT2D eigenvalue weighted by molar-refractivity contribution is 7.89. The number of nitrogens with zero attached hydrogens (tertiary/aromatic N) is 2. The lowest BCUT2D eigenvalue weighted by molar-refractivity contribution is -0.137. The predicted molar refractivity (Wildman–Crippen MR) is 76.1 cm³/mol. The van der Waals surface area contributed by atoms with Crippen molar-refractivity contribution < 1.29 is 18.3 Å². The first-order valence-electron chi connectivity index (χ1n) is 7.43. The summed E-state index contributed by atoms with van der Waals surface area (Å²) in [6, 6.07) is 0.645. The van der Waals surface area contributed by atoms with Gasteiger partial charge < -0.3 is 5.11 Å². The summed E-state index contributed by atoms with van der Waals surface area (Å²) < 4.78 is 25.7. The number of carboxylic acids is 1. The molecule has 0 bridgehead atoms. The Balaban J connectivity index is 1.78. The zero-order valence-electron chi connectivity index (χ0n) is 11.8. The lowest BCUT2D eigenvalue weighted by Gasteiger charge is -2.37. The maximum atomic E-state index is 12.1. The quantitative estimate of drug-likeness (QED) is 0.783. The van der Waals surface area contributed by atoms with E-state index in [-0.39, 0.29) is 18.6 Å². The van der Waals surface area contributed by atoms with Crippen molar-refractivity contribution in [2.24, 2.45) is 0 Å². The van der Waals surface area contributed by atoms with Crippen molar-refractivity contribution in [2.45, 2.75) is 44.6 Å². The minimum absolute atomic E-state index is 0.0528. The highest BCUT2D eigenvalue weighted by Gasteiger charge is 2.30. The standard InChI is InChI=1S/C13H24N2O4S/c16-13(17)6-3-11-20(18,19)15-9-7-14(8-10-15)12-4-1-2-5-12/h12H,1-11H2,(H,16,17). The van der Waals surface area contributed by atoms with Gasteiger partial charge in [-0.2, -0.15) is 4.31 Å². The maximum absolute atomic E-state index is 12.1. The van der Waals surface area contributed by atoms with E-state index in [0.29, 0.717) is 19.1 Å². The van der Waals surface area contributed by atoms with Gasteiger partial charge in [-0.05, 0) is 19.3 Å². The Morgan fingerprint density at radius 1 is 1.10 bits per heavy atom. The van der Waals surface area contributed by atoms with Crippen molar-refractivity contribution in [3.8, 4) is 0 Å². The Morgan fingerprint density at radius 3 is 2.25 bits per heavy atom. The van der Waals surface area contributed by atoms with E-state index in [4.69, 9.17) is 5.11 Å². The second kappa shape index (κ2) is 6.87. The zero-order valence-corrected chi connectivity index (χ0v) is 12.6. The molecular weight excluding hydrogens is 280 g/mol. The highest BCUT2D eigenvalue weighted by Crippen LogP contribution is 2.24. The molecule has 20 heavy (non-hydrogen) atoms. The van der Waals surface area contributed by atoms with Gasteiger partial charge in [-0.15, -0.1) is 0 Å². The maximum Gasteiger partial charge on any atom is 0.303 e. The molecule has 1 saturated heterocycles. The van der Waals surface area contributed by atoms with Crippen LogP contribution >= 0.6 is 0 Å². The Kier molecular flexibility index (Phi) is 5.40. The van der Waals surface area contributed by atoms with Crippen LogP contribution in [0.2, 0.25) is 0 Å². The number of hydrogen-bond donors (Lipinski definition) is 1. The van der Waals surface area contributed by atoms with Crippen molar-refractivity contribution in [2.75, 3.05) is 31.9 Å². The molecular formula is C13H24N2O4S. The first-order valence-corrected chi connectivity index (χ1v) is 9.03. The molecule has 0 amide bonds. The van der Waals surface area contributed by atoms with Crippen LogP contribution in [0.3, 0.4) is 0 Å². The fraction of sp³-hybridized carbons (Fsp3) is 0.923. The van der Waals surface area contributed by atoms with Crippen LogP contribution in [-0.2, 0) is 14.8 Å². The average Bonchev–Trinajstić information content (AvgIpc) is 2.92. The Labute approximate surface area is 120 Å². The van der Waals surface area contributed by atoms with Crippen LogP contribution in [0.5, 0.6) is 0 Å². The monoisotopic (exact) mass is 304 g/mol. The molecule has 0 aromatic rings. The first-order chi connectivity index (χ1) is 9.49. The molecule has 1 N–H and O–H groups in total. The fourth-order valence-corrected chi connectivity index (χ4v) is 4.64. The van der Waals surface area contributed by atoms with E-state index >= 15 is 0 Å². The van der Waals surface area contributed by atoms with E-state index in [1.54, 1.807) is 0 Å². The Bertz CT molecular complexity index is 424. The molecule has 1 heterocycles. The number of aliphatic carboxylic acids is 1. The van der Waals surface area contributed by atoms with E-state index < -0.39 is 16.0 Å². The smallest absolute Gasteiger partial charge is 0.303 e. The summed E-state index contributed by atoms with van der Waals surface area (Å²) in [6.45, 7) is 2.71. The van der Waals surface area contributed by atoms with Crippen LogP contribution in [0.15, 0.2) is 0 Å². The third-order valence-electron chi connectivity index (χ3n) is 4.30. The summed E-state index contributed by atoms with van der Waals surface area (Å²) in [5.74, 6) is -0.992. The molecule has 116 valence electrons. The summed E-state index contributed by atoms with van der Waals surface area (Å²) in [5, 5.41) is 8.56. The van der Waals surface area contributed by atoms with Crippen LogP contribution < -0.4 is 0 Å². The van der Waals surface area contributed by atoms with E-state index in [1.807, 2.05) is 0 Å². The van der Waals surface area contributed by atoms with Gasteiger partial charge in [0.2, 0.25) is 10.0 Å². The molecule has 0 spiro atoms. The lowest BCUT2D eigenvalue weighted by atomic mass is 10.2. The van der Waals surface area contributed by atoms with Gasteiger partial charge in [-0.25, -0.2) is 8.42 Å². The molecule has 0 aromatic carbocycles. The molecule has 1 saturated carbocycles. The topological polar surface area (TPSA) is 77.9 Å². The van der Waals surface area contributed by atoms with Crippen molar-refractivity contribution >= 4 is 16.0 Å². The zero-order chi connectivity index (χ0) is 14.6. The normalized spacial score (nSPS) is 23.2. The van der Waals surface area contributed by atoms with E-state index in [2.05, 4.69) is 4.90 Å². The molecule has 1 aliphatic carbocycles. The third-order valence-corrected chi connectivity index (χ3v) is 6.26. The van der Waals surface area contributed by atoms with E-state index in [0.717, 1.165) is 13.1 Å². The van der Waals surface area contributed by atoms with Crippen molar-refractivity contribution in [1.29, 1.82) is 0 Å². The number of sulfonamides is 1. The summed E-state index contributed by atoms with van der Waals surface area (Å²) in [5.41, 5.74) is 0. The molecule has 7 heteroatoms. The minimum Gasteiger partial charge on any atom is -0.481 e. The second-order valence-electron chi connectivity index (χ2n) is 5.69. The van der Waals surface area contributed by atoms with Gasteiger partial charge >= 0.3 is 5.97 Å². The molecule has 6 nitrogen and oxygen atoms in total. The average molecular weight is 304 g/mol. The van der Waals surface area contributed by atoms with Gasteiger partial charge in [0.15, 0.2) is 0 Å². The van der Waals surface area contributed by atoms with Crippen LogP contribution in [-0.4, -0.2) is 66.7 Å². The van der Waals surface area contributed by atoms with Crippen LogP contribution in [0.1, 0.15) is 38.5 Å². The number of carbonyl (C=O) groups is 1. The van der Waals surface area contributed by atoms with Crippen LogP contribution in [0.4, 0.5) is 0 Å². The van der Waals surface area contributed by atoms with Crippen LogP contribution in [0, 0.1) is 0 Å². The first kappa shape index (κ1) is 15.7. The Hall–Kier alpha value is -0.660. The van der Waals surface area contributed by atoms with E-state index in [9.17, 15) is 13.2 Å². The lowest BCUT2D eigenvalue weighted by Crippen LogP contribution is -2.51. The number of carboxylic acid groups (broad SMARTS) is 1. The van der Waals surface area contributed by atoms with E-state index in [1.165, 1.54) is 30.0 Å². The SMILES string of the molecule is O=C(O)CCCS(=O)(=O)N1CCN(C2CCCC2)CC1. The summed E-state index contributed by atoms with van der Waals surface area (Å²) in [6.07, 6.45) is 5.18. The summed E-state index contributed by atoms with van der Waals surface area (Å²) in [7, 11) is -3.28. The number of piperazine rings is 1. The predicted octanol–water partition coefficient (Wildman–Crippen LogP) is 0.741. The third kappa shape index (κ3) is 4.17. The molecule has 0 radical (unpaired) electrons. The van der Waals surface area contributed by atoms with Gasteiger partial charge in [-0.1, -0.05) is 12.8 Å². The minimum atomic E-state index is -3.28. The largest absolute Gasteiger partial charge is 0.481 e. The summed E-state index contributed by atoms with van der Waals surface area (Å²) in [4.78, 5) is 12.8. The summed E-state index contributed by atoms with van der Waals surface area (Å²) >= 11 is 0.